The molecule has 2 aliphatic heterocycles. The lowest BCUT2D eigenvalue weighted by Crippen LogP contribution is -2.50. The first kappa shape index (κ1) is 16.2. The van der Waals surface area contributed by atoms with E-state index in [-0.39, 0.29) is 28.9 Å². The highest BCUT2D eigenvalue weighted by Crippen LogP contribution is 2.32. The number of nitrogens with zero attached hydrogens (tertiary/aromatic N) is 1. The number of ketones is 1. The van der Waals surface area contributed by atoms with Crippen molar-refractivity contribution in [2.24, 2.45) is 5.92 Å². The molecule has 5 heteroatoms. The fourth-order valence-corrected chi connectivity index (χ4v) is 5.42. The summed E-state index contributed by atoms with van der Waals surface area (Å²) in [4.78, 5) is 27.8. The van der Waals surface area contributed by atoms with Gasteiger partial charge >= 0.3 is 0 Å². The van der Waals surface area contributed by atoms with Crippen LogP contribution in [0.1, 0.15) is 30.4 Å². The van der Waals surface area contributed by atoms with E-state index < -0.39 is 0 Å². The van der Waals surface area contributed by atoms with E-state index in [1.54, 1.807) is 11.8 Å². The Morgan fingerprint density at radius 2 is 1.88 bits per heavy atom. The molecular formula is C19H24N2O2S. The van der Waals surface area contributed by atoms with Gasteiger partial charge in [0.25, 0.3) is 0 Å². The van der Waals surface area contributed by atoms with Gasteiger partial charge in [0.1, 0.15) is 6.04 Å². The monoisotopic (exact) mass is 344 g/mol. The van der Waals surface area contributed by atoms with E-state index in [0.29, 0.717) is 5.88 Å². The Morgan fingerprint density at radius 1 is 1.12 bits per heavy atom. The molecule has 128 valence electrons. The number of hydrogen-bond donors (Lipinski definition) is 1. The van der Waals surface area contributed by atoms with Gasteiger partial charge in [0.05, 0.1) is 5.25 Å². The van der Waals surface area contributed by atoms with E-state index in [9.17, 15) is 9.59 Å². The molecule has 3 aliphatic rings. The summed E-state index contributed by atoms with van der Waals surface area (Å²) < 4.78 is 0. The molecule has 0 spiro atoms. The van der Waals surface area contributed by atoms with Crippen molar-refractivity contribution in [2.75, 3.05) is 19.0 Å². The van der Waals surface area contributed by atoms with Gasteiger partial charge in [-0.15, -0.1) is 11.8 Å². The van der Waals surface area contributed by atoms with Crippen molar-refractivity contribution in [1.29, 1.82) is 0 Å². The van der Waals surface area contributed by atoms with Crippen molar-refractivity contribution >= 4 is 23.5 Å². The fourth-order valence-electron chi connectivity index (χ4n) is 4.20. The Hall–Kier alpha value is -1.33. The average molecular weight is 344 g/mol. The Bertz CT molecular complexity index is 642. The Kier molecular flexibility index (Phi) is 4.63. The maximum atomic E-state index is 13.1. The fraction of sp³-hybridized carbons (Fsp3) is 0.579. The molecule has 2 unspecified atom stereocenters. The topological polar surface area (TPSA) is 49.4 Å². The minimum atomic E-state index is -0.322. The molecule has 1 N–H and O–H groups in total. The number of carbonyl (C=O) groups excluding carboxylic acids is 2. The molecule has 3 atom stereocenters. The van der Waals surface area contributed by atoms with E-state index in [1.165, 1.54) is 11.1 Å². The quantitative estimate of drug-likeness (QED) is 0.911. The third-order valence-electron chi connectivity index (χ3n) is 5.58. The normalized spacial score (nSPS) is 29.5. The van der Waals surface area contributed by atoms with E-state index in [4.69, 9.17) is 0 Å². The minimum absolute atomic E-state index is 0.0613. The zero-order valence-electron chi connectivity index (χ0n) is 13.9. The minimum Gasteiger partial charge on any atom is -0.341 e. The molecule has 2 saturated heterocycles. The van der Waals surface area contributed by atoms with E-state index in [0.717, 1.165) is 45.2 Å². The number of hydrogen-bond acceptors (Lipinski definition) is 4. The molecule has 1 aliphatic carbocycles. The number of fused-ring (bicyclic) bond motifs is 1. The highest BCUT2D eigenvalue weighted by molar-refractivity contribution is 8.00. The lowest BCUT2D eigenvalue weighted by Gasteiger charge is -2.28. The first-order valence-corrected chi connectivity index (χ1v) is 10.0. The molecule has 2 fully saturated rings. The summed E-state index contributed by atoms with van der Waals surface area (Å²) in [5, 5.41) is 3.06. The number of aryl methyl sites for hydroxylation is 1. The van der Waals surface area contributed by atoms with Crippen LogP contribution in [-0.2, 0) is 22.4 Å². The van der Waals surface area contributed by atoms with Gasteiger partial charge in [-0.05, 0) is 43.2 Å². The summed E-state index contributed by atoms with van der Waals surface area (Å²) in [6, 6.07) is 8.11. The van der Waals surface area contributed by atoms with E-state index >= 15 is 0 Å². The SMILES string of the molecule is O=C(C1CCc2ccccc2C1)C1SCN[C@@H]1C(=O)N1CCCC1. The van der Waals surface area contributed by atoms with Crippen LogP contribution in [0.4, 0.5) is 0 Å². The number of benzene rings is 1. The van der Waals surface area contributed by atoms with Gasteiger partial charge in [-0.1, -0.05) is 24.3 Å². The lowest BCUT2D eigenvalue weighted by atomic mass is 9.80. The molecule has 1 aromatic carbocycles. The summed E-state index contributed by atoms with van der Waals surface area (Å²) in [6.45, 7) is 1.69. The summed E-state index contributed by atoms with van der Waals surface area (Å²) in [5.41, 5.74) is 2.68. The lowest BCUT2D eigenvalue weighted by molar-refractivity contribution is -0.134. The van der Waals surface area contributed by atoms with Crippen LogP contribution >= 0.6 is 11.8 Å². The highest BCUT2D eigenvalue weighted by Gasteiger charge is 2.43. The standard InChI is InChI=1S/C19H24N2O2S/c22-17(15-8-7-13-5-1-2-6-14(13)11-15)18-16(20-12-24-18)19(23)21-9-3-4-10-21/h1-2,5-6,15-16,18,20H,3-4,7-12H2/t15?,16-,18?/m0/s1. The molecule has 1 aromatic rings. The molecule has 0 bridgehead atoms. The molecular weight excluding hydrogens is 320 g/mol. The second kappa shape index (κ2) is 6.89. The van der Waals surface area contributed by atoms with Crippen LogP contribution in [0.15, 0.2) is 24.3 Å². The molecule has 0 radical (unpaired) electrons. The van der Waals surface area contributed by atoms with Crippen LogP contribution < -0.4 is 5.32 Å². The van der Waals surface area contributed by atoms with Gasteiger partial charge < -0.3 is 4.90 Å². The number of thioether (sulfide) groups is 1. The number of likely N-dealkylation sites (tertiary alicyclic amines) is 1. The number of rotatable bonds is 3. The first-order valence-electron chi connectivity index (χ1n) is 8.98. The third-order valence-corrected chi connectivity index (χ3v) is 6.78. The van der Waals surface area contributed by atoms with Crippen molar-refractivity contribution in [3.05, 3.63) is 35.4 Å². The molecule has 2 heterocycles. The van der Waals surface area contributed by atoms with Gasteiger partial charge in [0.15, 0.2) is 5.78 Å². The zero-order valence-corrected chi connectivity index (χ0v) is 14.7. The molecule has 24 heavy (non-hydrogen) atoms. The van der Waals surface area contributed by atoms with Crippen LogP contribution in [0.3, 0.4) is 0 Å². The smallest absolute Gasteiger partial charge is 0.241 e. The summed E-state index contributed by atoms with van der Waals surface area (Å²) in [5.74, 6) is 1.17. The van der Waals surface area contributed by atoms with Crippen LogP contribution in [0, 0.1) is 5.92 Å². The van der Waals surface area contributed by atoms with Gasteiger partial charge in [-0.2, -0.15) is 0 Å². The van der Waals surface area contributed by atoms with Crippen LogP contribution in [-0.4, -0.2) is 46.8 Å². The van der Waals surface area contributed by atoms with Crippen molar-refractivity contribution in [1.82, 2.24) is 10.2 Å². The van der Waals surface area contributed by atoms with Gasteiger partial charge in [0, 0.05) is 24.9 Å². The molecule has 0 saturated carbocycles. The van der Waals surface area contributed by atoms with Gasteiger partial charge in [0.2, 0.25) is 5.91 Å². The van der Waals surface area contributed by atoms with Gasteiger partial charge in [-0.25, -0.2) is 0 Å². The second-order valence-electron chi connectivity index (χ2n) is 7.06. The predicted octanol–water partition coefficient (Wildman–Crippen LogP) is 2.01. The number of carbonyl (C=O) groups is 2. The third kappa shape index (κ3) is 3.00. The second-order valence-corrected chi connectivity index (χ2v) is 8.19. The molecule has 0 aromatic heterocycles. The van der Waals surface area contributed by atoms with Crippen molar-refractivity contribution < 1.29 is 9.59 Å². The average Bonchev–Trinajstić information content (AvgIpc) is 3.31. The molecule has 1 amide bonds. The Balaban J connectivity index is 1.46. The molecule has 4 rings (SSSR count). The molecule has 4 nitrogen and oxygen atoms in total. The largest absolute Gasteiger partial charge is 0.341 e. The Morgan fingerprint density at radius 3 is 2.67 bits per heavy atom. The van der Waals surface area contributed by atoms with Crippen molar-refractivity contribution in [3.8, 4) is 0 Å². The number of nitrogens with one attached hydrogen (secondary N) is 1. The van der Waals surface area contributed by atoms with E-state index in [2.05, 4.69) is 29.6 Å². The predicted molar refractivity (Wildman–Crippen MR) is 95.9 cm³/mol. The Labute approximate surface area is 147 Å². The van der Waals surface area contributed by atoms with Crippen LogP contribution in [0.25, 0.3) is 0 Å². The van der Waals surface area contributed by atoms with E-state index in [1.807, 2.05) is 4.90 Å². The zero-order chi connectivity index (χ0) is 16.5. The summed E-state index contributed by atoms with van der Waals surface area (Å²) in [6.07, 6.45) is 4.89. The maximum Gasteiger partial charge on any atom is 0.241 e. The maximum absolute atomic E-state index is 13.1. The number of Topliss-reactive ketones (excluding diaryl/α,β-unsaturated/α-hetero) is 1. The van der Waals surface area contributed by atoms with Crippen molar-refractivity contribution in [2.45, 2.75) is 43.4 Å². The van der Waals surface area contributed by atoms with Crippen molar-refractivity contribution in [3.63, 3.8) is 0 Å². The number of amides is 1. The van der Waals surface area contributed by atoms with Gasteiger partial charge in [-0.3, -0.25) is 14.9 Å². The highest BCUT2D eigenvalue weighted by atomic mass is 32.2. The summed E-state index contributed by atoms with van der Waals surface area (Å²) >= 11 is 1.61. The first-order chi connectivity index (χ1) is 11.7. The van der Waals surface area contributed by atoms with Crippen LogP contribution in [0.2, 0.25) is 0 Å². The summed E-state index contributed by atoms with van der Waals surface area (Å²) in [7, 11) is 0. The van der Waals surface area contributed by atoms with Crippen LogP contribution in [0.5, 0.6) is 0 Å².